The summed E-state index contributed by atoms with van der Waals surface area (Å²) in [5, 5.41) is 8.38. The van der Waals surface area contributed by atoms with Crippen LogP contribution in [0.1, 0.15) is 5.56 Å². The predicted octanol–water partition coefficient (Wildman–Crippen LogP) is 4.18. The average molecular weight is 316 g/mol. The maximum absolute atomic E-state index is 13.7. The number of thioether (sulfide) groups is 1. The summed E-state index contributed by atoms with van der Waals surface area (Å²) >= 11 is 1.44. The molecule has 0 saturated carbocycles. The zero-order valence-electron chi connectivity index (χ0n) is 11.8. The van der Waals surface area contributed by atoms with Crippen molar-refractivity contribution >= 4 is 11.8 Å². The molecule has 0 spiro atoms. The van der Waals surface area contributed by atoms with Gasteiger partial charge in [-0.2, -0.15) is 0 Å². The Morgan fingerprint density at radius 3 is 2.68 bits per heavy atom. The smallest absolute Gasteiger partial charge is 0.277 e. The van der Waals surface area contributed by atoms with E-state index in [1.165, 1.54) is 36.6 Å². The molecule has 4 nitrogen and oxygen atoms in total. The number of halogens is 1. The summed E-state index contributed by atoms with van der Waals surface area (Å²) in [4.78, 5) is 0. The monoisotopic (exact) mass is 316 g/mol. The van der Waals surface area contributed by atoms with Crippen molar-refractivity contribution in [2.24, 2.45) is 0 Å². The van der Waals surface area contributed by atoms with Gasteiger partial charge in [0.1, 0.15) is 0 Å². The molecule has 0 aliphatic rings. The van der Waals surface area contributed by atoms with Gasteiger partial charge in [0, 0.05) is 11.3 Å². The lowest BCUT2D eigenvalue weighted by atomic mass is 10.2. The molecule has 0 atom stereocenters. The van der Waals surface area contributed by atoms with Gasteiger partial charge in [0.15, 0.2) is 11.6 Å². The molecule has 0 amide bonds. The average Bonchev–Trinajstić information content (AvgIpc) is 3.03. The van der Waals surface area contributed by atoms with Gasteiger partial charge in [0.25, 0.3) is 5.22 Å². The van der Waals surface area contributed by atoms with Crippen molar-refractivity contribution < 1.29 is 13.5 Å². The van der Waals surface area contributed by atoms with E-state index in [-0.39, 0.29) is 11.6 Å². The third-order valence-corrected chi connectivity index (χ3v) is 3.90. The molecule has 0 aliphatic carbocycles. The van der Waals surface area contributed by atoms with E-state index < -0.39 is 5.82 Å². The fraction of sp³-hybridized carbons (Fsp3) is 0.125. The van der Waals surface area contributed by atoms with Gasteiger partial charge in [-0.25, -0.2) is 4.39 Å². The molecule has 0 radical (unpaired) electrons. The van der Waals surface area contributed by atoms with Crippen LogP contribution in [-0.4, -0.2) is 17.3 Å². The standard InChI is InChI=1S/C16H13FN2O2S/c1-20-14-8-7-12(9-13(14)17)15-18-19-16(21-15)22-10-11-5-3-2-4-6-11/h2-9H,10H2,1H3. The number of benzene rings is 2. The Labute approximate surface area is 131 Å². The highest BCUT2D eigenvalue weighted by molar-refractivity contribution is 7.98. The summed E-state index contributed by atoms with van der Waals surface area (Å²) in [6, 6.07) is 14.5. The fourth-order valence-corrected chi connectivity index (χ4v) is 2.62. The molecular formula is C16H13FN2O2S. The lowest BCUT2D eigenvalue weighted by Crippen LogP contribution is -1.88. The van der Waals surface area contributed by atoms with Crippen LogP contribution < -0.4 is 4.74 Å². The molecule has 0 N–H and O–H groups in total. The van der Waals surface area contributed by atoms with E-state index >= 15 is 0 Å². The number of aromatic nitrogens is 2. The van der Waals surface area contributed by atoms with Crippen molar-refractivity contribution in [3.8, 4) is 17.2 Å². The Bertz CT molecular complexity index is 762. The van der Waals surface area contributed by atoms with E-state index in [2.05, 4.69) is 10.2 Å². The molecule has 6 heteroatoms. The lowest BCUT2D eigenvalue weighted by Gasteiger charge is -2.02. The van der Waals surface area contributed by atoms with E-state index in [1.807, 2.05) is 30.3 Å². The van der Waals surface area contributed by atoms with Crippen LogP contribution in [0.2, 0.25) is 0 Å². The van der Waals surface area contributed by atoms with Gasteiger partial charge in [-0.1, -0.05) is 42.1 Å². The van der Waals surface area contributed by atoms with Gasteiger partial charge in [-0.15, -0.1) is 10.2 Å². The Morgan fingerprint density at radius 2 is 1.95 bits per heavy atom. The first-order valence-electron chi connectivity index (χ1n) is 6.60. The molecule has 3 aromatic rings. The highest BCUT2D eigenvalue weighted by Crippen LogP contribution is 2.28. The van der Waals surface area contributed by atoms with Gasteiger partial charge in [0.05, 0.1) is 7.11 Å². The van der Waals surface area contributed by atoms with Crippen LogP contribution in [0, 0.1) is 5.82 Å². The minimum absolute atomic E-state index is 0.182. The Balaban J connectivity index is 1.72. The van der Waals surface area contributed by atoms with Crippen LogP contribution in [0.25, 0.3) is 11.5 Å². The fourth-order valence-electron chi connectivity index (χ4n) is 1.90. The second kappa shape index (κ2) is 6.62. The molecule has 1 aromatic heterocycles. The minimum atomic E-state index is -0.461. The second-order valence-corrected chi connectivity index (χ2v) is 5.42. The van der Waals surface area contributed by atoms with Crippen LogP contribution in [-0.2, 0) is 5.75 Å². The van der Waals surface area contributed by atoms with E-state index in [0.29, 0.717) is 10.8 Å². The summed E-state index contributed by atoms with van der Waals surface area (Å²) in [6.45, 7) is 0. The molecule has 112 valence electrons. The highest BCUT2D eigenvalue weighted by atomic mass is 32.2. The van der Waals surface area contributed by atoms with Crippen LogP contribution in [0.3, 0.4) is 0 Å². The molecule has 0 bridgehead atoms. The summed E-state index contributed by atoms with van der Waals surface area (Å²) in [5.74, 6) is 0.746. The zero-order valence-corrected chi connectivity index (χ0v) is 12.6. The third-order valence-electron chi connectivity index (χ3n) is 3.01. The van der Waals surface area contributed by atoms with Crippen LogP contribution in [0.5, 0.6) is 5.75 Å². The Kier molecular flexibility index (Phi) is 4.39. The number of ether oxygens (including phenoxy) is 1. The maximum Gasteiger partial charge on any atom is 0.277 e. The van der Waals surface area contributed by atoms with E-state index in [1.54, 1.807) is 6.07 Å². The lowest BCUT2D eigenvalue weighted by molar-refractivity contribution is 0.386. The maximum atomic E-state index is 13.7. The first-order chi connectivity index (χ1) is 10.8. The van der Waals surface area contributed by atoms with E-state index in [0.717, 1.165) is 5.75 Å². The van der Waals surface area contributed by atoms with Crippen LogP contribution in [0.4, 0.5) is 4.39 Å². The number of hydrogen-bond acceptors (Lipinski definition) is 5. The van der Waals surface area contributed by atoms with Crippen LogP contribution >= 0.6 is 11.8 Å². The largest absolute Gasteiger partial charge is 0.494 e. The van der Waals surface area contributed by atoms with Crippen molar-refractivity contribution in [3.05, 3.63) is 59.9 Å². The van der Waals surface area contributed by atoms with Crippen molar-refractivity contribution in [2.75, 3.05) is 7.11 Å². The molecular weight excluding hydrogens is 303 g/mol. The number of nitrogens with zero attached hydrogens (tertiary/aromatic N) is 2. The summed E-state index contributed by atoms with van der Waals surface area (Å²) in [5.41, 5.74) is 1.69. The van der Waals surface area contributed by atoms with Gasteiger partial charge in [0.2, 0.25) is 5.89 Å². The van der Waals surface area contributed by atoms with Crippen molar-refractivity contribution in [1.82, 2.24) is 10.2 Å². The zero-order chi connectivity index (χ0) is 15.4. The second-order valence-electron chi connectivity index (χ2n) is 4.50. The van der Waals surface area contributed by atoms with Gasteiger partial charge in [-0.05, 0) is 23.8 Å². The van der Waals surface area contributed by atoms with E-state index in [4.69, 9.17) is 9.15 Å². The molecule has 0 fully saturated rings. The van der Waals surface area contributed by atoms with Crippen molar-refractivity contribution in [2.45, 2.75) is 11.0 Å². The summed E-state index contributed by atoms with van der Waals surface area (Å²) in [6.07, 6.45) is 0. The van der Waals surface area contributed by atoms with Crippen LogP contribution in [0.15, 0.2) is 58.2 Å². The quantitative estimate of drug-likeness (QED) is 0.661. The number of hydrogen-bond donors (Lipinski definition) is 0. The predicted molar refractivity (Wildman–Crippen MR) is 82.2 cm³/mol. The van der Waals surface area contributed by atoms with Gasteiger partial charge < -0.3 is 9.15 Å². The van der Waals surface area contributed by atoms with Crippen molar-refractivity contribution in [1.29, 1.82) is 0 Å². The van der Waals surface area contributed by atoms with Gasteiger partial charge >= 0.3 is 0 Å². The molecule has 0 saturated heterocycles. The van der Waals surface area contributed by atoms with Crippen molar-refractivity contribution in [3.63, 3.8) is 0 Å². The van der Waals surface area contributed by atoms with Gasteiger partial charge in [-0.3, -0.25) is 0 Å². The molecule has 0 aliphatic heterocycles. The third kappa shape index (κ3) is 3.28. The highest BCUT2D eigenvalue weighted by Gasteiger charge is 2.12. The first-order valence-corrected chi connectivity index (χ1v) is 7.59. The Hall–Kier alpha value is -2.34. The molecule has 0 unspecified atom stereocenters. The summed E-state index contributed by atoms with van der Waals surface area (Å²) < 4.78 is 24.1. The topological polar surface area (TPSA) is 48.2 Å². The molecule has 1 heterocycles. The van der Waals surface area contributed by atoms with E-state index in [9.17, 15) is 4.39 Å². The molecule has 3 rings (SSSR count). The Morgan fingerprint density at radius 1 is 1.14 bits per heavy atom. The number of rotatable bonds is 5. The SMILES string of the molecule is COc1ccc(-c2nnc(SCc3ccccc3)o2)cc1F. The summed E-state index contributed by atoms with van der Waals surface area (Å²) in [7, 11) is 1.42. The number of methoxy groups -OCH3 is 1. The molecule has 2 aromatic carbocycles. The first kappa shape index (κ1) is 14.6. The molecule has 22 heavy (non-hydrogen) atoms. The minimum Gasteiger partial charge on any atom is -0.494 e. The normalized spacial score (nSPS) is 10.6.